The van der Waals surface area contributed by atoms with Crippen LogP contribution >= 0.6 is 0 Å². The minimum Gasteiger partial charge on any atom is -0.487 e. The molecule has 0 bridgehead atoms. The van der Waals surface area contributed by atoms with E-state index < -0.39 is 0 Å². The van der Waals surface area contributed by atoms with Crippen LogP contribution in [-0.4, -0.2) is 25.1 Å². The van der Waals surface area contributed by atoms with Crippen LogP contribution in [0.1, 0.15) is 53.6 Å². The van der Waals surface area contributed by atoms with E-state index in [-0.39, 0.29) is 18.2 Å². The van der Waals surface area contributed by atoms with E-state index in [9.17, 15) is 0 Å². The topological polar surface area (TPSA) is 94.9 Å². The summed E-state index contributed by atoms with van der Waals surface area (Å²) in [5.74, 6) is 1.46. The molecule has 3 atom stereocenters. The van der Waals surface area contributed by atoms with Gasteiger partial charge in [-0.1, -0.05) is 18.2 Å². The van der Waals surface area contributed by atoms with Gasteiger partial charge in [-0.3, -0.25) is 9.83 Å². The monoisotopic (exact) mass is 394 g/mol. The van der Waals surface area contributed by atoms with Crippen LogP contribution in [0.4, 0.5) is 0 Å². The lowest BCUT2D eigenvalue weighted by molar-refractivity contribution is -0.0654. The fraction of sp³-hybridized carbons (Fsp3) is 0.435. The van der Waals surface area contributed by atoms with E-state index in [0.717, 1.165) is 37.0 Å². The Morgan fingerprint density at radius 2 is 2.03 bits per heavy atom. The maximum atomic E-state index is 6.29. The van der Waals surface area contributed by atoms with Crippen LogP contribution in [0.2, 0.25) is 0 Å². The summed E-state index contributed by atoms with van der Waals surface area (Å²) >= 11 is 0. The van der Waals surface area contributed by atoms with Crippen molar-refractivity contribution in [2.75, 3.05) is 7.05 Å². The third-order valence-corrected chi connectivity index (χ3v) is 5.92. The number of nitrogens with two attached hydrogens (primary N) is 2. The van der Waals surface area contributed by atoms with Gasteiger partial charge in [-0.2, -0.15) is 0 Å². The Kier molecular flexibility index (Phi) is 5.85. The van der Waals surface area contributed by atoms with Gasteiger partial charge >= 0.3 is 0 Å². The third kappa shape index (κ3) is 4.29. The van der Waals surface area contributed by atoms with Gasteiger partial charge < -0.3 is 16.2 Å². The highest BCUT2D eigenvalue weighted by Crippen LogP contribution is 2.31. The molecule has 2 aromatic rings. The van der Waals surface area contributed by atoms with E-state index in [0.29, 0.717) is 12.4 Å². The summed E-state index contributed by atoms with van der Waals surface area (Å²) in [6.45, 7) is 2.58. The molecule has 6 nitrogen and oxygen atoms in total. The van der Waals surface area contributed by atoms with Crippen LogP contribution in [-0.2, 0) is 24.2 Å². The van der Waals surface area contributed by atoms with Crippen LogP contribution in [0, 0.1) is 0 Å². The van der Waals surface area contributed by atoms with Crippen LogP contribution in [0.3, 0.4) is 0 Å². The van der Waals surface area contributed by atoms with Crippen LogP contribution in [0.15, 0.2) is 41.4 Å². The Morgan fingerprint density at radius 1 is 1.21 bits per heavy atom. The van der Waals surface area contributed by atoms with E-state index in [4.69, 9.17) is 21.0 Å². The number of amidine groups is 1. The van der Waals surface area contributed by atoms with Crippen molar-refractivity contribution < 1.29 is 9.57 Å². The van der Waals surface area contributed by atoms with E-state index in [1.54, 1.807) is 7.05 Å². The lowest BCUT2D eigenvalue weighted by Crippen LogP contribution is -2.37. The van der Waals surface area contributed by atoms with Gasteiger partial charge in [0.05, 0.1) is 6.54 Å². The SMILES string of the molecule is CNOC(C)C1CCc2cc(C(N)=NCc3ccc4c(c3)CCC4N)ccc2O1. The Hall–Kier alpha value is -2.41. The van der Waals surface area contributed by atoms with Crippen molar-refractivity contribution in [3.05, 3.63) is 64.2 Å². The van der Waals surface area contributed by atoms with Gasteiger partial charge in [0.1, 0.15) is 23.8 Å². The fourth-order valence-electron chi connectivity index (χ4n) is 4.23. The number of ether oxygens (including phenoxy) is 1. The van der Waals surface area contributed by atoms with Crippen molar-refractivity contribution in [2.45, 2.75) is 57.4 Å². The largest absolute Gasteiger partial charge is 0.487 e. The van der Waals surface area contributed by atoms with Gasteiger partial charge in [0, 0.05) is 18.7 Å². The normalized spacial score (nSPS) is 22.0. The molecule has 1 aliphatic heterocycles. The maximum absolute atomic E-state index is 6.29. The highest BCUT2D eigenvalue weighted by molar-refractivity contribution is 5.97. The van der Waals surface area contributed by atoms with Crippen molar-refractivity contribution in [2.24, 2.45) is 16.5 Å². The lowest BCUT2D eigenvalue weighted by atomic mass is 9.97. The predicted octanol–water partition coefficient (Wildman–Crippen LogP) is 2.77. The molecule has 0 fully saturated rings. The van der Waals surface area contributed by atoms with Crippen LogP contribution < -0.4 is 21.7 Å². The second-order valence-corrected chi connectivity index (χ2v) is 7.92. The zero-order valence-corrected chi connectivity index (χ0v) is 17.2. The molecular weight excluding hydrogens is 364 g/mol. The summed E-state index contributed by atoms with van der Waals surface area (Å²) < 4.78 is 6.11. The summed E-state index contributed by atoms with van der Waals surface area (Å²) in [5, 5.41) is 0. The van der Waals surface area contributed by atoms with Crippen molar-refractivity contribution >= 4 is 5.84 Å². The molecule has 0 saturated heterocycles. The standard InChI is InChI=1S/C23H30N4O2/c1-14(29-26-2)21-9-5-17-12-18(6-10-22(17)28-21)23(25)27-13-15-3-7-19-16(11-15)4-8-20(19)24/h3,6-7,10-12,14,20-21,26H,4-5,8-9,13,24H2,1-2H3,(H2,25,27). The first-order valence-corrected chi connectivity index (χ1v) is 10.3. The van der Waals surface area contributed by atoms with E-state index in [1.807, 2.05) is 19.1 Å². The molecule has 3 unspecified atom stereocenters. The smallest absolute Gasteiger partial charge is 0.127 e. The van der Waals surface area contributed by atoms with Gasteiger partial charge in [0.15, 0.2) is 0 Å². The number of hydrogen-bond acceptors (Lipinski definition) is 5. The van der Waals surface area contributed by atoms with Crippen molar-refractivity contribution in [1.82, 2.24) is 5.48 Å². The first-order chi connectivity index (χ1) is 14.0. The summed E-state index contributed by atoms with van der Waals surface area (Å²) in [5.41, 5.74) is 21.0. The van der Waals surface area contributed by atoms with Crippen molar-refractivity contribution in [3.63, 3.8) is 0 Å². The number of nitrogens with one attached hydrogen (secondary N) is 1. The van der Waals surface area contributed by atoms with Gasteiger partial charge in [0.2, 0.25) is 0 Å². The molecule has 0 radical (unpaired) electrons. The first-order valence-electron chi connectivity index (χ1n) is 10.3. The molecule has 6 heteroatoms. The Labute approximate surface area is 172 Å². The van der Waals surface area contributed by atoms with E-state index >= 15 is 0 Å². The first kappa shape index (κ1) is 19.9. The molecule has 1 heterocycles. The Balaban J connectivity index is 1.44. The Bertz CT molecular complexity index is 912. The summed E-state index contributed by atoms with van der Waals surface area (Å²) in [7, 11) is 1.76. The number of rotatable bonds is 6. The van der Waals surface area contributed by atoms with Crippen LogP contribution in [0.5, 0.6) is 5.75 Å². The minimum absolute atomic E-state index is 0.0127. The molecule has 1 aliphatic carbocycles. The second-order valence-electron chi connectivity index (χ2n) is 7.92. The number of benzene rings is 2. The van der Waals surface area contributed by atoms with E-state index in [1.165, 1.54) is 22.3 Å². The summed E-state index contributed by atoms with van der Waals surface area (Å²) in [6.07, 6.45) is 3.95. The Morgan fingerprint density at radius 3 is 2.86 bits per heavy atom. The zero-order chi connectivity index (χ0) is 20.4. The van der Waals surface area contributed by atoms with Gasteiger partial charge in [0.25, 0.3) is 0 Å². The number of aryl methyl sites for hydroxylation is 2. The van der Waals surface area contributed by atoms with Gasteiger partial charge in [-0.15, -0.1) is 0 Å². The predicted molar refractivity (Wildman–Crippen MR) is 115 cm³/mol. The van der Waals surface area contributed by atoms with Crippen LogP contribution in [0.25, 0.3) is 0 Å². The average Bonchev–Trinajstić information content (AvgIpc) is 3.11. The van der Waals surface area contributed by atoms with E-state index in [2.05, 4.69) is 34.7 Å². The molecule has 2 aromatic carbocycles. The fourth-order valence-corrected chi connectivity index (χ4v) is 4.23. The van der Waals surface area contributed by atoms with Gasteiger partial charge in [-0.05, 0) is 73.1 Å². The quantitative estimate of drug-likeness (QED) is 0.398. The second kappa shape index (κ2) is 8.53. The molecule has 0 aromatic heterocycles. The van der Waals surface area contributed by atoms with Crippen molar-refractivity contribution in [3.8, 4) is 5.75 Å². The van der Waals surface area contributed by atoms with Crippen molar-refractivity contribution in [1.29, 1.82) is 0 Å². The molecule has 4 rings (SSSR count). The number of fused-ring (bicyclic) bond motifs is 2. The summed E-state index contributed by atoms with van der Waals surface area (Å²) in [4.78, 5) is 10.1. The molecule has 29 heavy (non-hydrogen) atoms. The highest BCUT2D eigenvalue weighted by Gasteiger charge is 2.26. The molecule has 2 aliphatic rings. The number of hydroxylamine groups is 1. The third-order valence-electron chi connectivity index (χ3n) is 5.92. The molecule has 5 N–H and O–H groups in total. The number of nitrogens with zero attached hydrogens (tertiary/aromatic N) is 1. The molecule has 154 valence electrons. The van der Waals surface area contributed by atoms with Gasteiger partial charge in [-0.25, -0.2) is 5.48 Å². The zero-order valence-electron chi connectivity index (χ0n) is 17.2. The molecule has 0 amide bonds. The molecule has 0 spiro atoms. The minimum atomic E-state index is -0.0127. The molecular formula is C23H30N4O2. The molecule has 0 saturated carbocycles. The highest BCUT2D eigenvalue weighted by atomic mass is 16.7. The maximum Gasteiger partial charge on any atom is 0.127 e. The summed E-state index contributed by atoms with van der Waals surface area (Å²) in [6, 6.07) is 12.7. The number of hydrogen-bond donors (Lipinski definition) is 3. The average molecular weight is 395 g/mol. The number of aliphatic imine (C=N–C) groups is 1. The lowest BCUT2D eigenvalue weighted by Gasteiger charge is -2.30.